The van der Waals surface area contributed by atoms with Crippen molar-refractivity contribution < 1.29 is 27.1 Å². The molecule has 126 valence electrons. The van der Waals surface area contributed by atoms with Crippen LogP contribution in [0, 0.1) is 10.1 Å². The van der Waals surface area contributed by atoms with Gasteiger partial charge in [-0.3, -0.25) is 14.9 Å². The van der Waals surface area contributed by atoms with Crippen molar-refractivity contribution in [3.8, 4) is 11.5 Å². The highest BCUT2D eigenvalue weighted by Crippen LogP contribution is 2.38. The molecule has 0 aromatic heterocycles. The Balaban J connectivity index is 2.48. The quantitative estimate of drug-likeness (QED) is 0.308. The van der Waals surface area contributed by atoms with Crippen molar-refractivity contribution in [3.63, 3.8) is 0 Å². The molecular weight excluding hydrogens is 406 g/mol. The van der Waals surface area contributed by atoms with Crippen LogP contribution in [0.25, 0.3) is 0 Å². The summed E-state index contributed by atoms with van der Waals surface area (Å²) in [5, 5.41) is 10.8. The number of hydrogen-bond acceptors (Lipinski definition) is 7. The minimum absolute atomic E-state index is 0.0143. The fraction of sp³-hybridized carbons (Fsp3) is 0.0714. The van der Waals surface area contributed by atoms with Crippen LogP contribution in [-0.2, 0) is 10.1 Å². The molecule has 0 N–H and O–H groups in total. The zero-order valence-corrected chi connectivity index (χ0v) is 14.5. The summed E-state index contributed by atoms with van der Waals surface area (Å²) in [5.74, 6) is -0.157. The Morgan fingerprint density at radius 1 is 1.25 bits per heavy atom. The van der Waals surface area contributed by atoms with Crippen LogP contribution in [0.2, 0.25) is 0 Å². The van der Waals surface area contributed by atoms with Gasteiger partial charge in [0.15, 0.2) is 11.5 Å². The summed E-state index contributed by atoms with van der Waals surface area (Å²) in [6, 6.07) is 7.10. The number of benzene rings is 2. The Morgan fingerprint density at radius 3 is 2.54 bits per heavy atom. The van der Waals surface area contributed by atoms with E-state index >= 15 is 0 Å². The van der Waals surface area contributed by atoms with E-state index in [9.17, 15) is 23.3 Å². The molecule has 0 aliphatic carbocycles. The number of rotatable bonds is 6. The molecule has 8 nitrogen and oxygen atoms in total. The van der Waals surface area contributed by atoms with Gasteiger partial charge in [0.25, 0.3) is 5.69 Å². The maximum absolute atomic E-state index is 12.4. The molecule has 0 unspecified atom stereocenters. The second-order valence-corrected chi connectivity index (χ2v) is 6.84. The Kier molecular flexibility index (Phi) is 5.20. The number of hydrogen-bond donors (Lipinski definition) is 0. The predicted octanol–water partition coefficient (Wildman–Crippen LogP) is 2.95. The van der Waals surface area contributed by atoms with Crippen molar-refractivity contribution in [2.24, 2.45) is 0 Å². The van der Waals surface area contributed by atoms with E-state index in [2.05, 4.69) is 15.9 Å². The first-order chi connectivity index (χ1) is 11.3. The van der Waals surface area contributed by atoms with Gasteiger partial charge < -0.3 is 8.92 Å². The number of methoxy groups -OCH3 is 1. The van der Waals surface area contributed by atoms with Gasteiger partial charge in [-0.1, -0.05) is 6.07 Å². The van der Waals surface area contributed by atoms with Crippen LogP contribution < -0.4 is 8.92 Å². The van der Waals surface area contributed by atoms with E-state index in [1.165, 1.54) is 31.4 Å². The fourth-order valence-electron chi connectivity index (χ4n) is 1.80. The number of carbonyl (C=O) groups is 1. The zero-order chi connectivity index (χ0) is 17.9. The van der Waals surface area contributed by atoms with Gasteiger partial charge in [0.05, 0.1) is 16.5 Å². The Bertz CT molecular complexity index is 911. The minimum Gasteiger partial charge on any atom is -0.493 e. The molecule has 0 saturated heterocycles. The summed E-state index contributed by atoms with van der Waals surface area (Å²) >= 11 is 3.11. The lowest BCUT2D eigenvalue weighted by Crippen LogP contribution is -2.11. The number of carbonyl (C=O) groups excluding carboxylic acids is 1. The number of nitrogens with zero attached hydrogens (tertiary/aromatic N) is 1. The first-order valence-electron chi connectivity index (χ1n) is 6.30. The van der Waals surface area contributed by atoms with Gasteiger partial charge in [-0.2, -0.15) is 8.42 Å². The van der Waals surface area contributed by atoms with Crippen molar-refractivity contribution in [2.45, 2.75) is 4.90 Å². The van der Waals surface area contributed by atoms with Gasteiger partial charge in [-0.05, 0) is 34.1 Å². The van der Waals surface area contributed by atoms with Gasteiger partial charge in [-0.25, -0.2) is 0 Å². The summed E-state index contributed by atoms with van der Waals surface area (Å²) < 4.78 is 35.0. The molecule has 0 saturated carbocycles. The van der Waals surface area contributed by atoms with Gasteiger partial charge in [0.2, 0.25) is 0 Å². The SMILES string of the molecule is COc1cc(C=O)cc(Br)c1OS(=O)(=O)c1cccc([N+](=O)[O-])c1. The average Bonchev–Trinajstić information content (AvgIpc) is 2.56. The molecule has 0 atom stereocenters. The van der Waals surface area contributed by atoms with E-state index in [0.717, 1.165) is 12.1 Å². The van der Waals surface area contributed by atoms with Gasteiger partial charge in [0.1, 0.15) is 11.2 Å². The fourth-order valence-corrected chi connectivity index (χ4v) is 3.44. The van der Waals surface area contributed by atoms with Gasteiger partial charge in [-0.15, -0.1) is 0 Å². The highest BCUT2D eigenvalue weighted by Gasteiger charge is 2.23. The minimum atomic E-state index is -4.35. The van der Waals surface area contributed by atoms with Crippen molar-refractivity contribution >= 4 is 38.0 Å². The first-order valence-corrected chi connectivity index (χ1v) is 8.50. The molecule has 2 aromatic carbocycles. The average molecular weight is 416 g/mol. The molecular formula is C14H10BrNO7S. The van der Waals surface area contributed by atoms with E-state index < -0.39 is 15.0 Å². The van der Waals surface area contributed by atoms with Crippen LogP contribution in [0.5, 0.6) is 11.5 Å². The Hall–Kier alpha value is -2.46. The summed E-state index contributed by atoms with van der Waals surface area (Å²) in [6.45, 7) is 0. The highest BCUT2D eigenvalue weighted by atomic mass is 79.9. The Morgan fingerprint density at radius 2 is 1.96 bits per heavy atom. The molecule has 0 aliphatic rings. The molecule has 0 bridgehead atoms. The summed E-state index contributed by atoms with van der Waals surface area (Å²) in [6.07, 6.45) is 0.562. The van der Waals surface area contributed by atoms with Crippen LogP contribution in [0.1, 0.15) is 10.4 Å². The Labute approximate surface area is 145 Å². The number of nitro groups is 1. The first kappa shape index (κ1) is 17.9. The molecule has 2 aromatic rings. The molecule has 24 heavy (non-hydrogen) atoms. The molecule has 0 fully saturated rings. The van der Waals surface area contributed by atoms with Crippen LogP contribution >= 0.6 is 15.9 Å². The summed E-state index contributed by atoms with van der Waals surface area (Å²) in [5.41, 5.74) is -0.138. The van der Waals surface area contributed by atoms with Crippen LogP contribution in [-0.4, -0.2) is 26.7 Å². The highest BCUT2D eigenvalue weighted by molar-refractivity contribution is 9.10. The maximum atomic E-state index is 12.4. The third-order valence-corrected chi connectivity index (χ3v) is 4.70. The molecule has 0 radical (unpaired) electrons. The lowest BCUT2D eigenvalue weighted by molar-refractivity contribution is -0.385. The topological polar surface area (TPSA) is 113 Å². The monoisotopic (exact) mass is 415 g/mol. The van der Waals surface area contributed by atoms with Crippen LogP contribution in [0.15, 0.2) is 45.8 Å². The van der Waals surface area contributed by atoms with E-state index in [4.69, 9.17) is 8.92 Å². The van der Waals surface area contributed by atoms with E-state index in [1.54, 1.807) is 0 Å². The van der Waals surface area contributed by atoms with Crippen LogP contribution in [0.4, 0.5) is 5.69 Å². The second-order valence-electron chi connectivity index (χ2n) is 4.44. The molecule has 0 amide bonds. The number of halogens is 1. The standard InChI is InChI=1S/C14H10BrNO7S/c1-22-13-6-9(8-17)5-12(15)14(13)23-24(20,21)11-4-2-3-10(7-11)16(18)19/h2-8H,1H3. The number of non-ortho nitro benzene ring substituents is 1. The number of aldehydes is 1. The number of ether oxygens (including phenoxy) is 1. The van der Waals surface area contributed by atoms with Crippen molar-refractivity contribution in [3.05, 3.63) is 56.5 Å². The molecule has 2 rings (SSSR count). The largest absolute Gasteiger partial charge is 0.493 e. The normalized spacial score (nSPS) is 10.9. The third kappa shape index (κ3) is 3.71. The van der Waals surface area contributed by atoms with E-state index in [1.807, 2.05) is 0 Å². The maximum Gasteiger partial charge on any atom is 0.339 e. The summed E-state index contributed by atoms with van der Waals surface area (Å²) in [4.78, 5) is 20.5. The molecule has 0 heterocycles. The van der Waals surface area contributed by atoms with Crippen molar-refractivity contribution in [1.82, 2.24) is 0 Å². The van der Waals surface area contributed by atoms with Crippen molar-refractivity contribution in [1.29, 1.82) is 0 Å². The van der Waals surface area contributed by atoms with Gasteiger partial charge >= 0.3 is 10.1 Å². The lowest BCUT2D eigenvalue weighted by atomic mass is 10.2. The summed E-state index contributed by atoms with van der Waals surface area (Å²) in [7, 11) is -3.07. The predicted molar refractivity (Wildman–Crippen MR) is 87.0 cm³/mol. The van der Waals surface area contributed by atoms with Crippen molar-refractivity contribution in [2.75, 3.05) is 7.11 Å². The molecule has 10 heteroatoms. The number of nitro benzene ring substituents is 1. The second kappa shape index (κ2) is 6.97. The molecule has 0 aliphatic heterocycles. The third-order valence-electron chi connectivity index (χ3n) is 2.90. The zero-order valence-electron chi connectivity index (χ0n) is 12.1. The lowest BCUT2D eigenvalue weighted by Gasteiger charge is -2.13. The van der Waals surface area contributed by atoms with Gasteiger partial charge in [0, 0.05) is 17.7 Å². The van der Waals surface area contributed by atoms with E-state index in [-0.39, 0.29) is 32.1 Å². The smallest absolute Gasteiger partial charge is 0.339 e. The van der Waals surface area contributed by atoms with Crippen LogP contribution in [0.3, 0.4) is 0 Å². The molecule has 0 spiro atoms. The van der Waals surface area contributed by atoms with E-state index in [0.29, 0.717) is 6.29 Å².